The SMILES string of the molecule is CCc1cc(C(=O)N2CCOC(c3cc(N(C)C)cc(C)n3)C2)on1. The van der Waals surface area contributed by atoms with Crippen LogP contribution in [0.2, 0.25) is 0 Å². The standard InChI is InChI=1S/C18H24N4O3/c1-5-13-9-16(25-20-13)18(23)22-6-7-24-17(11-22)15-10-14(21(3)4)8-12(2)19-15/h8-10,17H,5-7,11H2,1-4H3. The van der Waals surface area contributed by atoms with Crippen LogP contribution in [0.25, 0.3) is 0 Å². The zero-order valence-corrected chi connectivity index (χ0v) is 15.2. The second kappa shape index (κ2) is 7.23. The Morgan fingerprint density at radius 2 is 2.16 bits per heavy atom. The first kappa shape index (κ1) is 17.4. The van der Waals surface area contributed by atoms with E-state index in [0.29, 0.717) is 19.7 Å². The Hall–Kier alpha value is -2.41. The maximum absolute atomic E-state index is 12.7. The Balaban J connectivity index is 1.78. The molecular weight excluding hydrogens is 320 g/mol. The second-order valence-electron chi connectivity index (χ2n) is 6.43. The molecule has 0 saturated carbocycles. The van der Waals surface area contributed by atoms with E-state index >= 15 is 0 Å². The number of amides is 1. The van der Waals surface area contributed by atoms with Crippen molar-refractivity contribution in [2.75, 3.05) is 38.7 Å². The summed E-state index contributed by atoms with van der Waals surface area (Å²) in [6, 6.07) is 5.74. The molecule has 7 nitrogen and oxygen atoms in total. The summed E-state index contributed by atoms with van der Waals surface area (Å²) in [5.41, 5.74) is 3.62. The molecule has 1 atom stereocenters. The van der Waals surface area contributed by atoms with Gasteiger partial charge in [0.1, 0.15) is 6.10 Å². The van der Waals surface area contributed by atoms with Gasteiger partial charge in [0.15, 0.2) is 0 Å². The summed E-state index contributed by atoms with van der Waals surface area (Å²) in [5.74, 6) is 0.129. The molecule has 1 aliphatic rings. The summed E-state index contributed by atoms with van der Waals surface area (Å²) < 4.78 is 11.1. The number of nitrogens with zero attached hydrogens (tertiary/aromatic N) is 4. The first-order valence-corrected chi connectivity index (χ1v) is 8.50. The van der Waals surface area contributed by atoms with Gasteiger partial charge in [-0.3, -0.25) is 9.78 Å². The highest BCUT2D eigenvalue weighted by Gasteiger charge is 2.29. The van der Waals surface area contributed by atoms with Gasteiger partial charge in [-0.05, 0) is 25.5 Å². The minimum atomic E-state index is -0.245. The summed E-state index contributed by atoms with van der Waals surface area (Å²) in [6.45, 7) is 5.39. The minimum absolute atomic E-state index is 0.152. The summed E-state index contributed by atoms with van der Waals surface area (Å²) in [5, 5.41) is 3.90. The molecule has 3 rings (SSSR count). The number of carbonyl (C=O) groups excluding carboxylic acids is 1. The molecule has 3 heterocycles. The van der Waals surface area contributed by atoms with Gasteiger partial charge in [-0.15, -0.1) is 0 Å². The maximum Gasteiger partial charge on any atom is 0.292 e. The second-order valence-corrected chi connectivity index (χ2v) is 6.43. The third kappa shape index (κ3) is 3.82. The van der Waals surface area contributed by atoms with Crippen molar-refractivity contribution in [2.24, 2.45) is 0 Å². The molecule has 1 amide bonds. The number of carbonyl (C=O) groups is 1. The van der Waals surface area contributed by atoms with Crippen LogP contribution in [0.1, 0.15) is 40.7 Å². The fourth-order valence-corrected chi connectivity index (χ4v) is 2.85. The van der Waals surface area contributed by atoms with Crippen molar-refractivity contribution in [1.29, 1.82) is 0 Å². The number of hydrogen-bond donors (Lipinski definition) is 0. The predicted molar refractivity (Wildman–Crippen MR) is 93.8 cm³/mol. The number of rotatable bonds is 4. The molecule has 7 heteroatoms. The molecule has 2 aromatic rings. The van der Waals surface area contributed by atoms with Crippen molar-refractivity contribution in [2.45, 2.75) is 26.4 Å². The van der Waals surface area contributed by atoms with E-state index in [0.717, 1.165) is 29.2 Å². The summed E-state index contributed by atoms with van der Waals surface area (Å²) in [4.78, 5) is 21.0. The van der Waals surface area contributed by atoms with E-state index in [4.69, 9.17) is 9.26 Å². The van der Waals surface area contributed by atoms with Crippen molar-refractivity contribution >= 4 is 11.6 Å². The number of aromatic nitrogens is 2. The van der Waals surface area contributed by atoms with E-state index in [9.17, 15) is 4.79 Å². The Labute approximate surface area is 147 Å². The van der Waals surface area contributed by atoms with E-state index in [1.54, 1.807) is 11.0 Å². The molecule has 0 bridgehead atoms. The van der Waals surface area contributed by atoms with Crippen LogP contribution < -0.4 is 4.90 Å². The molecule has 1 unspecified atom stereocenters. The molecule has 1 aliphatic heterocycles. The average Bonchev–Trinajstić information content (AvgIpc) is 3.10. The van der Waals surface area contributed by atoms with Gasteiger partial charge in [-0.2, -0.15) is 0 Å². The van der Waals surface area contributed by atoms with E-state index in [2.05, 4.69) is 10.1 Å². The minimum Gasteiger partial charge on any atom is -0.378 e. The van der Waals surface area contributed by atoms with Crippen LogP contribution in [0, 0.1) is 6.92 Å². The quantitative estimate of drug-likeness (QED) is 0.847. The Morgan fingerprint density at radius 3 is 2.84 bits per heavy atom. The summed E-state index contributed by atoms with van der Waals surface area (Å²) in [6.07, 6.45) is 0.494. The van der Waals surface area contributed by atoms with Gasteiger partial charge in [0.25, 0.3) is 5.91 Å². The topological polar surface area (TPSA) is 71.7 Å². The number of anilines is 1. The van der Waals surface area contributed by atoms with Gasteiger partial charge in [0, 0.05) is 38.1 Å². The Kier molecular flexibility index (Phi) is 5.03. The normalized spacial score (nSPS) is 17.6. The highest BCUT2D eigenvalue weighted by Crippen LogP contribution is 2.25. The fraction of sp³-hybridized carbons (Fsp3) is 0.500. The smallest absolute Gasteiger partial charge is 0.292 e. The first-order valence-electron chi connectivity index (χ1n) is 8.50. The number of hydrogen-bond acceptors (Lipinski definition) is 6. The highest BCUT2D eigenvalue weighted by atomic mass is 16.5. The lowest BCUT2D eigenvalue weighted by molar-refractivity contribution is -0.0259. The van der Waals surface area contributed by atoms with Gasteiger partial charge in [-0.25, -0.2) is 0 Å². The molecule has 0 N–H and O–H groups in total. The highest BCUT2D eigenvalue weighted by molar-refractivity contribution is 5.91. The zero-order chi connectivity index (χ0) is 18.0. The van der Waals surface area contributed by atoms with Crippen LogP contribution >= 0.6 is 0 Å². The van der Waals surface area contributed by atoms with E-state index in [-0.39, 0.29) is 17.8 Å². The molecule has 134 valence electrons. The molecule has 25 heavy (non-hydrogen) atoms. The van der Waals surface area contributed by atoms with Gasteiger partial charge in [0.05, 0.1) is 24.5 Å². The van der Waals surface area contributed by atoms with Crippen LogP contribution in [0.3, 0.4) is 0 Å². The van der Waals surface area contributed by atoms with Gasteiger partial charge in [0.2, 0.25) is 5.76 Å². The largest absolute Gasteiger partial charge is 0.378 e. The number of ether oxygens (including phenoxy) is 1. The molecule has 1 saturated heterocycles. The van der Waals surface area contributed by atoms with Crippen LogP contribution in [0.15, 0.2) is 22.7 Å². The molecule has 0 radical (unpaired) electrons. The zero-order valence-electron chi connectivity index (χ0n) is 15.2. The Morgan fingerprint density at radius 1 is 1.36 bits per heavy atom. The maximum atomic E-state index is 12.7. The van der Waals surface area contributed by atoms with Crippen molar-refractivity contribution in [1.82, 2.24) is 15.0 Å². The molecule has 0 aromatic carbocycles. The number of pyridine rings is 1. The number of aryl methyl sites for hydroxylation is 2. The summed E-state index contributed by atoms with van der Waals surface area (Å²) >= 11 is 0. The lowest BCUT2D eigenvalue weighted by Crippen LogP contribution is -2.42. The molecule has 0 spiro atoms. The number of morpholine rings is 1. The molecule has 0 aliphatic carbocycles. The van der Waals surface area contributed by atoms with Gasteiger partial charge < -0.3 is 19.1 Å². The van der Waals surface area contributed by atoms with Crippen molar-refractivity contribution in [3.63, 3.8) is 0 Å². The molecule has 2 aromatic heterocycles. The summed E-state index contributed by atoms with van der Waals surface area (Å²) in [7, 11) is 3.98. The van der Waals surface area contributed by atoms with Crippen LogP contribution in [-0.4, -0.2) is 54.7 Å². The van der Waals surface area contributed by atoms with E-state index in [1.165, 1.54) is 0 Å². The average molecular weight is 344 g/mol. The lowest BCUT2D eigenvalue weighted by Gasteiger charge is -2.32. The molecular formula is C18H24N4O3. The van der Waals surface area contributed by atoms with Crippen LogP contribution in [0.5, 0.6) is 0 Å². The van der Waals surface area contributed by atoms with Gasteiger partial charge in [-0.1, -0.05) is 12.1 Å². The Bertz CT molecular complexity index is 757. The monoisotopic (exact) mass is 344 g/mol. The van der Waals surface area contributed by atoms with E-state index < -0.39 is 0 Å². The molecule has 1 fully saturated rings. The van der Waals surface area contributed by atoms with Gasteiger partial charge >= 0.3 is 0 Å². The predicted octanol–water partition coefficient (Wildman–Crippen LogP) is 2.22. The third-order valence-electron chi connectivity index (χ3n) is 4.29. The van der Waals surface area contributed by atoms with Crippen molar-refractivity contribution in [3.8, 4) is 0 Å². The van der Waals surface area contributed by atoms with Crippen molar-refractivity contribution in [3.05, 3.63) is 41.0 Å². The van der Waals surface area contributed by atoms with Crippen molar-refractivity contribution < 1.29 is 14.1 Å². The first-order chi connectivity index (χ1) is 12.0. The third-order valence-corrected chi connectivity index (χ3v) is 4.29. The lowest BCUT2D eigenvalue weighted by atomic mass is 10.1. The van der Waals surface area contributed by atoms with E-state index in [1.807, 2.05) is 45.0 Å². The fourth-order valence-electron chi connectivity index (χ4n) is 2.85. The van der Waals surface area contributed by atoms with Crippen LogP contribution in [-0.2, 0) is 11.2 Å². The van der Waals surface area contributed by atoms with Crippen LogP contribution in [0.4, 0.5) is 5.69 Å².